The van der Waals surface area contributed by atoms with Crippen LogP contribution in [0, 0.1) is 12.8 Å². The van der Waals surface area contributed by atoms with Gasteiger partial charge in [-0.3, -0.25) is 9.69 Å². The van der Waals surface area contributed by atoms with E-state index < -0.39 is 0 Å². The van der Waals surface area contributed by atoms with Gasteiger partial charge in [-0.05, 0) is 55.6 Å². The predicted octanol–water partition coefficient (Wildman–Crippen LogP) is 5.15. The van der Waals surface area contributed by atoms with Crippen molar-refractivity contribution >= 4 is 34.8 Å². The lowest BCUT2D eigenvalue weighted by atomic mass is 9.96. The molecule has 1 saturated heterocycles. The summed E-state index contributed by atoms with van der Waals surface area (Å²) in [4.78, 5) is 15.0. The van der Waals surface area contributed by atoms with Gasteiger partial charge in [-0.25, -0.2) is 0 Å². The lowest BCUT2D eigenvalue weighted by Crippen LogP contribution is -2.40. The second kappa shape index (κ2) is 8.22. The molecule has 0 saturated carbocycles. The summed E-state index contributed by atoms with van der Waals surface area (Å²) in [5, 5.41) is 4.49. The maximum absolute atomic E-state index is 12.7. The number of anilines is 1. The lowest BCUT2D eigenvalue weighted by Gasteiger charge is -2.32. The second-order valence-corrected chi connectivity index (χ2v) is 7.38. The van der Waals surface area contributed by atoms with Gasteiger partial charge in [0.25, 0.3) is 0 Å². The Hall–Kier alpha value is -1.55. The number of hydrogen-bond donors (Lipinski definition) is 1. The Kier molecular flexibility index (Phi) is 6.00. The molecule has 3 nitrogen and oxygen atoms in total. The first kappa shape index (κ1) is 18.2. The number of nitrogens with zero attached hydrogens (tertiary/aromatic N) is 1. The van der Waals surface area contributed by atoms with Gasteiger partial charge in [0.1, 0.15) is 0 Å². The molecule has 0 radical (unpaired) electrons. The number of hydrogen-bond acceptors (Lipinski definition) is 2. The average Bonchev–Trinajstić information content (AvgIpc) is 2.61. The molecule has 1 N–H and O–H groups in total. The average molecular weight is 377 g/mol. The summed E-state index contributed by atoms with van der Waals surface area (Å²) in [6.45, 7) is 4.43. The minimum atomic E-state index is -0.0189. The van der Waals surface area contributed by atoms with Crippen LogP contribution in [0.5, 0.6) is 0 Å². The molecule has 1 fully saturated rings. The van der Waals surface area contributed by atoms with Gasteiger partial charge >= 0.3 is 0 Å². The number of rotatable bonds is 4. The highest BCUT2D eigenvalue weighted by molar-refractivity contribution is 6.32. The molecular formula is C20H22Cl2N2O. The van der Waals surface area contributed by atoms with Gasteiger partial charge in [0.15, 0.2) is 0 Å². The maximum atomic E-state index is 12.7. The van der Waals surface area contributed by atoms with Crippen LogP contribution in [-0.4, -0.2) is 23.9 Å². The quantitative estimate of drug-likeness (QED) is 0.799. The van der Waals surface area contributed by atoms with Gasteiger partial charge in [0.05, 0.1) is 5.92 Å². The van der Waals surface area contributed by atoms with Gasteiger partial charge in [-0.1, -0.05) is 47.5 Å². The van der Waals surface area contributed by atoms with Crippen LogP contribution in [0.4, 0.5) is 5.69 Å². The molecule has 0 bridgehead atoms. The molecule has 1 amide bonds. The maximum Gasteiger partial charge on any atom is 0.228 e. The van der Waals surface area contributed by atoms with E-state index in [2.05, 4.69) is 10.2 Å². The molecule has 1 heterocycles. The molecule has 1 unspecified atom stereocenters. The Morgan fingerprint density at radius 3 is 2.72 bits per heavy atom. The standard InChI is InChI=1S/C20H22Cl2N2O/c1-14-17(21)9-4-10-19(14)23-20(25)16-7-5-11-24(13-16)12-15-6-2-3-8-18(15)22/h2-4,6,8-10,16H,5,7,11-13H2,1H3,(H,23,25). The summed E-state index contributed by atoms with van der Waals surface area (Å²) in [6, 6.07) is 13.5. The Morgan fingerprint density at radius 2 is 1.92 bits per heavy atom. The molecule has 0 aliphatic carbocycles. The van der Waals surface area contributed by atoms with Crippen LogP contribution < -0.4 is 5.32 Å². The van der Waals surface area contributed by atoms with Crippen LogP contribution in [-0.2, 0) is 11.3 Å². The van der Waals surface area contributed by atoms with Crippen molar-refractivity contribution in [1.82, 2.24) is 4.90 Å². The summed E-state index contributed by atoms with van der Waals surface area (Å²) in [5.41, 5.74) is 2.80. The van der Waals surface area contributed by atoms with Crippen LogP contribution in [0.3, 0.4) is 0 Å². The number of amides is 1. The fourth-order valence-corrected chi connectivity index (χ4v) is 3.63. The molecule has 1 aliphatic heterocycles. The van der Waals surface area contributed by atoms with E-state index in [0.717, 1.165) is 54.3 Å². The molecule has 1 atom stereocenters. The van der Waals surface area contributed by atoms with Crippen LogP contribution in [0.2, 0.25) is 10.0 Å². The highest BCUT2D eigenvalue weighted by Crippen LogP contribution is 2.26. The summed E-state index contributed by atoms with van der Waals surface area (Å²) in [6.07, 6.45) is 1.92. The Labute approximate surface area is 158 Å². The topological polar surface area (TPSA) is 32.3 Å². The molecular weight excluding hydrogens is 355 g/mol. The van der Waals surface area contributed by atoms with Crippen molar-refractivity contribution < 1.29 is 4.79 Å². The van der Waals surface area contributed by atoms with Crippen molar-refractivity contribution in [2.45, 2.75) is 26.3 Å². The number of likely N-dealkylation sites (tertiary alicyclic amines) is 1. The summed E-state index contributed by atoms with van der Waals surface area (Å²) in [5.74, 6) is 0.0452. The van der Waals surface area contributed by atoms with Gasteiger partial charge in [-0.15, -0.1) is 0 Å². The lowest BCUT2D eigenvalue weighted by molar-refractivity contribution is -0.121. The van der Waals surface area contributed by atoms with E-state index in [1.807, 2.05) is 49.4 Å². The molecule has 3 rings (SSSR count). The van der Waals surface area contributed by atoms with Gasteiger partial charge in [0.2, 0.25) is 5.91 Å². The molecule has 25 heavy (non-hydrogen) atoms. The molecule has 5 heteroatoms. The molecule has 2 aromatic rings. The Bertz CT molecular complexity index is 763. The van der Waals surface area contributed by atoms with Crippen molar-refractivity contribution in [2.24, 2.45) is 5.92 Å². The summed E-state index contributed by atoms with van der Waals surface area (Å²) >= 11 is 12.4. The third kappa shape index (κ3) is 4.55. The number of benzene rings is 2. The largest absolute Gasteiger partial charge is 0.326 e. The molecule has 132 valence electrons. The van der Waals surface area contributed by atoms with E-state index in [9.17, 15) is 4.79 Å². The smallest absolute Gasteiger partial charge is 0.228 e. The van der Waals surface area contributed by atoms with Crippen molar-refractivity contribution in [3.05, 3.63) is 63.6 Å². The van der Waals surface area contributed by atoms with Crippen molar-refractivity contribution in [1.29, 1.82) is 0 Å². The zero-order valence-corrected chi connectivity index (χ0v) is 15.8. The van der Waals surface area contributed by atoms with E-state index in [4.69, 9.17) is 23.2 Å². The number of carbonyl (C=O) groups excluding carboxylic acids is 1. The number of halogens is 2. The van der Waals surface area contributed by atoms with Gasteiger partial charge in [-0.2, -0.15) is 0 Å². The third-order valence-electron chi connectivity index (χ3n) is 4.75. The first-order chi connectivity index (χ1) is 12.0. The van der Waals surface area contributed by atoms with E-state index in [-0.39, 0.29) is 11.8 Å². The monoisotopic (exact) mass is 376 g/mol. The van der Waals surface area contributed by atoms with E-state index in [0.29, 0.717) is 5.02 Å². The Balaban J connectivity index is 1.63. The van der Waals surface area contributed by atoms with Gasteiger partial charge < -0.3 is 5.32 Å². The summed E-state index contributed by atoms with van der Waals surface area (Å²) in [7, 11) is 0. The minimum Gasteiger partial charge on any atom is -0.326 e. The highest BCUT2D eigenvalue weighted by atomic mass is 35.5. The first-order valence-electron chi connectivity index (χ1n) is 8.56. The summed E-state index contributed by atoms with van der Waals surface area (Å²) < 4.78 is 0. The molecule has 0 aromatic heterocycles. The number of carbonyl (C=O) groups is 1. The van der Waals surface area contributed by atoms with Crippen molar-refractivity contribution in [3.8, 4) is 0 Å². The minimum absolute atomic E-state index is 0.0189. The van der Waals surface area contributed by atoms with E-state index in [1.165, 1.54) is 0 Å². The predicted molar refractivity (Wildman–Crippen MR) is 104 cm³/mol. The number of nitrogens with one attached hydrogen (secondary N) is 1. The zero-order valence-electron chi connectivity index (χ0n) is 14.3. The van der Waals surface area contributed by atoms with Gasteiger partial charge in [0, 0.05) is 28.8 Å². The molecule has 1 aliphatic rings. The van der Waals surface area contributed by atoms with Crippen LogP contribution in [0.1, 0.15) is 24.0 Å². The second-order valence-electron chi connectivity index (χ2n) is 6.57. The van der Waals surface area contributed by atoms with Crippen molar-refractivity contribution in [2.75, 3.05) is 18.4 Å². The van der Waals surface area contributed by atoms with Crippen molar-refractivity contribution in [3.63, 3.8) is 0 Å². The van der Waals surface area contributed by atoms with E-state index >= 15 is 0 Å². The third-order valence-corrected chi connectivity index (χ3v) is 5.53. The molecule has 2 aromatic carbocycles. The Morgan fingerprint density at radius 1 is 1.16 bits per heavy atom. The normalized spacial score (nSPS) is 18.1. The first-order valence-corrected chi connectivity index (χ1v) is 9.32. The molecule has 0 spiro atoms. The van der Waals surface area contributed by atoms with Crippen LogP contribution in [0.15, 0.2) is 42.5 Å². The zero-order chi connectivity index (χ0) is 17.8. The van der Waals surface area contributed by atoms with Crippen LogP contribution >= 0.6 is 23.2 Å². The number of piperidine rings is 1. The fourth-order valence-electron chi connectivity index (χ4n) is 3.26. The fraction of sp³-hybridized carbons (Fsp3) is 0.350. The van der Waals surface area contributed by atoms with E-state index in [1.54, 1.807) is 0 Å². The highest BCUT2D eigenvalue weighted by Gasteiger charge is 2.26. The van der Waals surface area contributed by atoms with Crippen LogP contribution in [0.25, 0.3) is 0 Å². The SMILES string of the molecule is Cc1c(Cl)cccc1NC(=O)C1CCCN(Cc2ccccc2Cl)C1.